The Labute approximate surface area is 187 Å². The summed E-state index contributed by atoms with van der Waals surface area (Å²) in [6, 6.07) is 3.71. The first-order valence-electron chi connectivity index (χ1n) is 9.94. The Morgan fingerprint density at radius 3 is 2.52 bits per heavy atom. The van der Waals surface area contributed by atoms with Gasteiger partial charge < -0.3 is 9.42 Å². The van der Waals surface area contributed by atoms with Crippen LogP contribution in [0.15, 0.2) is 38.7 Å². The second-order valence-corrected chi connectivity index (χ2v) is 9.45. The number of nitrogens with zero attached hydrogens (tertiary/aromatic N) is 6. The van der Waals surface area contributed by atoms with Crippen molar-refractivity contribution < 1.29 is 22.7 Å². The van der Waals surface area contributed by atoms with Crippen LogP contribution >= 0.6 is 0 Å². The molecule has 3 heterocycles. The minimum atomic E-state index is -3.80. The number of non-ortho nitro benzene ring substituents is 1. The van der Waals surface area contributed by atoms with E-state index in [4.69, 9.17) is 4.52 Å². The average molecular weight is 476 g/mol. The Morgan fingerprint density at radius 2 is 1.91 bits per heavy atom. The zero-order valence-corrected chi connectivity index (χ0v) is 18.6. The van der Waals surface area contributed by atoms with Gasteiger partial charge in [-0.05, 0) is 19.9 Å². The van der Waals surface area contributed by atoms with Crippen LogP contribution in [0.5, 0.6) is 0 Å². The van der Waals surface area contributed by atoms with E-state index in [1.807, 2.05) is 0 Å². The monoisotopic (exact) mass is 476 g/mol. The molecule has 0 aliphatic carbocycles. The molecule has 1 amide bonds. The molecule has 14 heteroatoms. The molecule has 0 bridgehead atoms. The van der Waals surface area contributed by atoms with Gasteiger partial charge >= 0.3 is 0 Å². The molecular weight excluding hydrogens is 456 g/mol. The summed E-state index contributed by atoms with van der Waals surface area (Å²) >= 11 is 0. The minimum Gasteiger partial charge on any atom is -0.360 e. The van der Waals surface area contributed by atoms with Crippen LogP contribution in [0.3, 0.4) is 0 Å². The van der Waals surface area contributed by atoms with Crippen molar-refractivity contribution in [2.75, 3.05) is 26.2 Å². The van der Waals surface area contributed by atoms with Crippen LogP contribution in [0.25, 0.3) is 10.9 Å². The van der Waals surface area contributed by atoms with Crippen molar-refractivity contribution in [1.82, 2.24) is 23.9 Å². The molecule has 13 nitrogen and oxygen atoms in total. The Balaban J connectivity index is 1.46. The van der Waals surface area contributed by atoms with E-state index in [0.717, 1.165) is 4.57 Å². The molecule has 1 saturated heterocycles. The average Bonchev–Trinajstić information content (AvgIpc) is 3.14. The standard InChI is InChI=1S/C19H20N6O7S/c1-12-18(13(2)32-21-12)33(30,31)24-7-5-22(6-8-24)17(26)10-23-11-20-16-9-14(25(28)29)3-4-15(16)19(23)27/h3-4,9,11H,5-8,10H2,1-2H3. The number of nitro benzene ring substituents is 1. The molecule has 0 atom stereocenters. The van der Waals surface area contributed by atoms with Crippen molar-refractivity contribution >= 4 is 32.5 Å². The van der Waals surface area contributed by atoms with Crippen molar-refractivity contribution in [2.45, 2.75) is 25.3 Å². The van der Waals surface area contributed by atoms with E-state index in [-0.39, 0.29) is 71.6 Å². The number of fused-ring (bicyclic) bond motifs is 1. The SMILES string of the molecule is Cc1noc(C)c1S(=O)(=O)N1CCN(C(=O)Cn2cnc3cc([N+](=O)[O-])ccc3c2=O)CC1. The second-order valence-electron chi connectivity index (χ2n) is 7.57. The van der Waals surface area contributed by atoms with Crippen LogP contribution in [0, 0.1) is 24.0 Å². The quantitative estimate of drug-likeness (QED) is 0.376. The lowest BCUT2D eigenvalue weighted by Crippen LogP contribution is -2.51. The van der Waals surface area contributed by atoms with Crippen LogP contribution in [-0.2, 0) is 21.4 Å². The van der Waals surface area contributed by atoms with Crippen molar-refractivity contribution in [3.63, 3.8) is 0 Å². The maximum atomic E-state index is 12.9. The Morgan fingerprint density at radius 1 is 1.21 bits per heavy atom. The molecule has 4 rings (SSSR count). The highest BCUT2D eigenvalue weighted by atomic mass is 32.2. The van der Waals surface area contributed by atoms with E-state index in [0.29, 0.717) is 0 Å². The van der Waals surface area contributed by atoms with Crippen molar-refractivity contribution in [3.8, 4) is 0 Å². The fraction of sp³-hybridized carbons (Fsp3) is 0.368. The number of aromatic nitrogens is 3. The van der Waals surface area contributed by atoms with Crippen LogP contribution < -0.4 is 5.56 Å². The lowest BCUT2D eigenvalue weighted by atomic mass is 10.2. The number of nitro groups is 1. The number of hydrogen-bond donors (Lipinski definition) is 0. The number of rotatable bonds is 5. The van der Waals surface area contributed by atoms with Crippen molar-refractivity contribution in [1.29, 1.82) is 0 Å². The molecule has 1 aliphatic heterocycles. The summed E-state index contributed by atoms with van der Waals surface area (Å²) in [6.45, 7) is 3.29. The summed E-state index contributed by atoms with van der Waals surface area (Å²) in [5.74, 6) is -0.158. The molecule has 1 fully saturated rings. The number of carbonyl (C=O) groups is 1. The fourth-order valence-corrected chi connectivity index (χ4v) is 5.48. The number of carbonyl (C=O) groups excluding carboxylic acids is 1. The van der Waals surface area contributed by atoms with Crippen molar-refractivity contribution in [2.24, 2.45) is 0 Å². The molecule has 174 valence electrons. The number of hydrogen-bond acceptors (Lipinski definition) is 9. The predicted octanol–water partition coefficient (Wildman–Crippen LogP) is 0.443. The molecule has 1 aliphatic rings. The van der Waals surface area contributed by atoms with Gasteiger partial charge in [0.1, 0.15) is 17.1 Å². The van der Waals surface area contributed by atoms with Gasteiger partial charge in [0.05, 0.1) is 22.2 Å². The summed E-state index contributed by atoms with van der Waals surface area (Å²) in [4.78, 5) is 41.3. The number of piperazine rings is 1. The Bertz CT molecular complexity index is 1400. The molecule has 0 saturated carbocycles. The molecule has 0 unspecified atom stereocenters. The van der Waals surface area contributed by atoms with Gasteiger partial charge in [-0.2, -0.15) is 4.31 Å². The highest BCUT2D eigenvalue weighted by molar-refractivity contribution is 7.89. The van der Waals surface area contributed by atoms with Gasteiger partial charge in [0.15, 0.2) is 5.76 Å². The highest BCUT2D eigenvalue weighted by Crippen LogP contribution is 2.24. The van der Waals surface area contributed by atoms with Gasteiger partial charge in [-0.1, -0.05) is 5.16 Å². The maximum Gasteiger partial charge on any atom is 0.271 e. The predicted molar refractivity (Wildman–Crippen MR) is 114 cm³/mol. The third-order valence-electron chi connectivity index (χ3n) is 5.48. The summed E-state index contributed by atoms with van der Waals surface area (Å²) < 4.78 is 33.2. The Kier molecular flexibility index (Phi) is 5.71. The molecule has 1 aromatic carbocycles. The maximum absolute atomic E-state index is 12.9. The molecule has 2 aromatic heterocycles. The minimum absolute atomic E-state index is 0.0382. The van der Waals surface area contributed by atoms with Crippen LogP contribution in [0.1, 0.15) is 11.5 Å². The molecule has 0 radical (unpaired) electrons. The molecular formula is C19H20N6O7S. The van der Waals surface area contributed by atoms with Crippen molar-refractivity contribution in [3.05, 3.63) is 56.4 Å². The zero-order chi connectivity index (χ0) is 23.9. The van der Waals surface area contributed by atoms with Gasteiger partial charge in [-0.25, -0.2) is 13.4 Å². The van der Waals surface area contributed by atoms with Gasteiger partial charge in [0.25, 0.3) is 11.2 Å². The van der Waals surface area contributed by atoms with E-state index in [1.54, 1.807) is 6.92 Å². The molecule has 0 N–H and O–H groups in total. The van der Waals surface area contributed by atoms with E-state index in [1.165, 1.54) is 40.7 Å². The first-order valence-corrected chi connectivity index (χ1v) is 11.4. The number of sulfonamides is 1. The summed E-state index contributed by atoms with van der Waals surface area (Å²) in [5, 5.41) is 14.7. The smallest absolute Gasteiger partial charge is 0.271 e. The summed E-state index contributed by atoms with van der Waals surface area (Å²) in [5.41, 5.74) is -0.244. The molecule has 0 spiro atoms. The number of benzene rings is 1. The lowest BCUT2D eigenvalue weighted by Gasteiger charge is -2.34. The largest absolute Gasteiger partial charge is 0.360 e. The van der Waals surface area contributed by atoms with Crippen LogP contribution in [0.4, 0.5) is 5.69 Å². The third kappa shape index (κ3) is 4.09. The van der Waals surface area contributed by atoms with Gasteiger partial charge in [0.2, 0.25) is 15.9 Å². The molecule has 33 heavy (non-hydrogen) atoms. The summed E-state index contributed by atoms with van der Waals surface area (Å²) in [6.07, 6.45) is 1.17. The normalized spacial score (nSPS) is 15.2. The lowest BCUT2D eigenvalue weighted by molar-refractivity contribution is -0.384. The van der Waals surface area contributed by atoms with Gasteiger partial charge in [0, 0.05) is 38.3 Å². The molecule has 3 aromatic rings. The van der Waals surface area contributed by atoms with E-state index >= 15 is 0 Å². The number of aryl methyl sites for hydroxylation is 2. The highest BCUT2D eigenvalue weighted by Gasteiger charge is 2.34. The third-order valence-corrected chi connectivity index (χ3v) is 7.63. The zero-order valence-electron chi connectivity index (χ0n) is 17.8. The summed E-state index contributed by atoms with van der Waals surface area (Å²) in [7, 11) is -3.80. The van der Waals surface area contributed by atoms with Crippen LogP contribution in [-0.4, -0.2) is 69.3 Å². The first kappa shape index (κ1) is 22.5. The number of amides is 1. The van der Waals surface area contributed by atoms with Crippen LogP contribution in [0.2, 0.25) is 0 Å². The van der Waals surface area contributed by atoms with E-state index in [2.05, 4.69) is 10.1 Å². The first-order chi connectivity index (χ1) is 15.6. The Hall–Kier alpha value is -3.65. The fourth-order valence-electron chi connectivity index (χ4n) is 3.77. The van der Waals surface area contributed by atoms with Gasteiger partial charge in [-0.3, -0.25) is 24.3 Å². The van der Waals surface area contributed by atoms with E-state index in [9.17, 15) is 28.1 Å². The topological polar surface area (TPSA) is 162 Å². The van der Waals surface area contributed by atoms with E-state index < -0.39 is 20.5 Å². The second kappa shape index (κ2) is 8.37. The van der Waals surface area contributed by atoms with Gasteiger partial charge in [-0.15, -0.1) is 0 Å².